The second-order valence-electron chi connectivity index (χ2n) is 6.33. The van der Waals surface area contributed by atoms with Gasteiger partial charge in [-0.3, -0.25) is 9.10 Å². The van der Waals surface area contributed by atoms with Gasteiger partial charge in [-0.2, -0.15) is 0 Å². The number of anilines is 2. The van der Waals surface area contributed by atoms with Gasteiger partial charge in [0.2, 0.25) is 15.9 Å². The van der Waals surface area contributed by atoms with Gasteiger partial charge in [-0.05, 0) is 55.7 Å². The van der Waals surface area contributed by atoms with Crippen LogP contribution in [0.1, 0.15) is 24.0 Å². The predicted octanol–water partition coefficient (Wildman–Crippen LogP) is 4.80. The largest absolute Gasteiger partial charge is 0.326 e. The van der Waals surface area contributed by atoms with Crippen molar-refractivity contribution in [2.24, 2.45) is 0 Å². The zero-order valence-corrected chi connectivity index (χ0v) is 17.7. The molecule has 0 atom stereocenters. The molecule has 1 amide bonds. The van der Waals surface area contributed by atoms with Crippen LogP contribution >= 0.6 is 23.2 Å². The molecule has 0 aliphatic carbocycles. The molecular weight excluding hydrogens is 407 g/mol. The topological polar surface area (TPSA) is 66.5 Å². The molecule has 8 heteroatoms. The Morgan fingerprint density at radius 2 is 1.81 bits per heavy atom. The molecule has 1 N–H and O–H groups in total. The van der Waals surface area contributed by atoms with E-state index in [0.29, 0.717) is 17.1 Å². The summed E-state index contributed by atoms with van der Waals surface area (Å²) in [5.41, 5.74) is 3.29. The summed E-state index contributed by atoms with van der Waals surface area (Å²) < 4.78 is 25.5. The van der Waals surface area contributed by atoms with E-state index in [1.54, 1.807) is 12.1 Å². The summed E-state index contributed by atoms with van der Waals surface area (Å²) in [4.78, 5) is 12.2. The molecule has 0 heterocycles. The Balaban J connectivity index is 2.02. The van der Waals surface area contributed by atoms with Crippen molar-refractivity contribution < 1.29 is 13.2 Å². The van der Waals surface area contributed by atoms with E-state index in [9.17, 15) is 13.2 Å². The van der Waals surface area contributed by atoms with Crippen LogP contribution in [0.2, 0.25) is 10.0 Å². The lowest BCUT2D eigenvalue weighted by Crippen LogP contribution is -2.31. The van der Waals surface area contributed by atoms with Crippen LogP contribution in [0.5, 0.6) is 0 Å². The molecule has 2 aromatic rings. The molecule has 0 saturated carbocycles. The Morgan fingerprint density at radius 1 is 1.11 bits per heavy atom. The summed E-state index contributed by atoms with van der Waals surface area (Å²) in [6.07, 6.45) is 1.68. The lowest BCUT2D eigenvalue weighted by Gasteiger charge is -2.22. The van der Waals surface area contributed by atoms with Crippen molar-refractivity contribution >= 4 is 50.5 Å². The normalized spacial score (nSPS) is 11.3. The first-order chi connectivity index (χ1) is 12.6. The number of rotatable bonds is 7. The van der Waals surface area contributed by atoms with Gasteiger partial charge >= 0.3 is 0 Å². The van der Waals surface area contributed by atoms with Gasteiger partial charge < -0.3 is 5.32 Å². The van der Waals surface area contributed by atoms with Gasteiger partial charge in [-0.1, -0.05) is 35.3 Å². The van der Waals surface area contributed by atoms with E-state index in [0.717, 1.165) is 23.1 Å². The quantitative estimate of drug-likeness (QED) is 0.688. The number of hydrogen-bond acceptors (Lipinski definition) is 3. The summed E-state index contributed by atoms with van der Waals surface area (Å²) in [6.45, 7) is 4.09. The first-order valence-corrected chi connectivity index (χ1v) is 11.0. The molecule has 0 radical (unpaired) electrons. The van der Waals surface area contributed by atoms with Crippen LogP contribution in [-0.2, 0) is 14.8 Å². The lowest BCUT2D eigenvalue weighted by molar-refractivity contribution is -0.116. The Labute approximate surface area is 170 Å². The summed E-state index contributed by atoms with van der Waals surface area (Å²) in [5, 5.41) is 3.50. The van der Waals surface area contributed by atoms with Crippen molar-refractivity contribution in [1.29, 1.82) is 0 Å². The summed E-state index contributed by atoms with van der Waals surface area (Å²) in [5.74, 6) is -0.161. The van der Waals surface area contributed by atoms with Crippen LogP contribution in [0.4, 0.5) is 11.4 Å². The standard InChI is InChI=1S/C19H22Cl2N2O3S/c1-13-6-4-7-18(14(13)2)22-19(24)8-5-11-23(27(3,25)26)15-9-10-16(20)17(21)12-15/h4,6-7,9-10,12H,5,8,11H2,1-3H3,(H,22,24). The van der Waals surface area contributed by atoms with Crippen LogP contribution in [0.25, 0.3) is 0 Å². The molecule has 146 valence electrons. The lowest BCUT2D eigenvalue weighted by atomic mass is 10.1. The Kier molecular flexibility index (Phi) is 7.14. The van der Waals surface area contributed by atoms with Gasteiger partial charge in [0.15, 0.2) is 0 Å². The maximum absolute atomic E-state index is 12.2. The molecule has 0 fully saturated rings. The molecule has 5 nitrogen and oxygen atoms in total. The van der Waals surface area contributed by atoms with Crippen LogP contribution < -0.4 is 9.62 Å². The van der Waals surface area contributed by atoms with Crippen molar-refractivity contribution in [3.63, 3.8) is 0 Å². The average Bonchev–Trinajstić information content (AvgIpc) is 2.57. The predicted molar refractivity (Wildman–Crippen MR) is 112 cm³/mol. The van der Waals surface area contributed by atoms with Crippen LogP contribution in [0.15, 0.2) is 36.4 Å². The fourth-order valence-electron chi connectivity index (χ4n) is 2.61. The van der Waals surface area contributed by atoms with E-state index < -0.39 is 10.0 Å². The fourth-order valence-corrected chi connectivity index (χ4v) is 3.86. The Bertz CT molecular complexity index is 946. The number of aryl methyl sites for hydroxylation is 1. The van der Waals surface area contributed by atoms with Crippen molar-refractivity contribution in [1.82, 2.24) is 0 Å². The first-order valence-electron chi connectivity index (χ1n) is 8.38. The van der Waals surface area contributed by atoms with Crippen molar-refractivity contribution in [2.75, 3.05) is 22.4 Å². The molecule has 0 saturated heterocycles. The minimum atomic E-state index is -3.52. The van der Waals surface area contributed by atoms with E-state index in [1.807, 2.05) is 32.0 Å². The molecule has 0 aliphatic heterocycles. The molecule has 0 aromatic heterocycles. The van der Waals surface area contributed by atoms with E-state index >= 15 is 0 Å². The smallest absolute Gasteiger partial charge is 0.232 e. The van der Waals surface area contributed by atoms with E-state index in [4.69, 9.17) is 23.2 Å². The first kappa shape index (κ1) is 21.5. The molecule has 0 aliphatic rings. The molecular formula is C19H22Cl2N2O3S. The number of halogens is 2. The fraction of sp³-hybridized carbons (Fsp3) is 0.316. The van der Waals surface area contributed by atoms with Crippen molar-refractivity contribution in [2.45, 2.75) is 26.7 Å². The summed E-state index contributed by atoms with van der Waals surface area (Å²) >= 11 is 11.9. The third-order valence-electron chi connectivity index (χ3n) is 4.24. The number of nitrogens with zero attached hydrogens (tertiary/aromatic N) is 1. The van der Waals surface area contributed by atoms with Crippen LogP contribution in [0, 0.1) is 13.8 Å². The minimum Gasteiger partial charge on any atom is -0.326 e. The number of hydrogen-bond donors (Lipinski definition) is 1. The molecule has 27 heavy (non-hydrogen) atoms. The zero-order valence-electron chi connectivity index (χ0n) is 15.4. The van der Waals surface area contributed by atoms with E-state index in [-0.39, 0.29) is 23.9 Å². The third-order valence-corrected chi connectivity index (χ3v) is 6.17. The Morgan fingerprint density at radius 3 is 2.44 bits per heavy atom. The molecule has 0 unspecified atom stereocenters. The van der Waals surface area contributed by atoms with Gasteiger partial charge in [0.25, 0.3) is 0 Å². The number of nitrogens with one attached hydrogen (secondary N) is 1. The summed E-state index contributed by atoms with van der Waals surface area (Å²) in [7, 11) is -3.52. The number of amides is 1. The highest BCUT2D eigenvalue weighted by Gasteiger charge is 2.18. The highest BCUT2D eigenvalue weighted by atomic mass is 35.5. The van der Waals surface area contributed by atoms with Gasteiger partial charge in [0.1, 0.15) is 0 Å². The SMILES string of the molecule is Cc1cccc(NC(=O)CCCN(c2ccc(Cl)c(Cl)c2)S(C)(=O)=O)c1C. The molecule has 2 rings (SSSR count). The maximum atomic E-state index is 12.2. The van der Waals surface area contributed by atoms with Gasteiger partial charge in [0.05, 0.1) is 22.0 Å². The van der Waals surface area contributed by atoms with Crippen LogP contribution in [0.3, 0.4) is 0 Å². The highest BCUT2D eigenvalue weighted by molar-refractivity contribution is 7.92. The van der Waals surface area contributed by atoms with Crippen molar-refractivity contribution in [3.8, 4) is 0 Å². The second-order valence-corrected chi connectivity index (χ2v) is 9.05. The second kappa shape index (κ2) is 8.95. The molecule has 0 spiro atoms. The monoisotopic (exact) mass is 428 g/mol. The van der Waals surface area contributed by atoms with Gasteiger partial charge in [0, 0.05) is 18.7 Å². The van der Waals surface area contributed by atoms with E-state index in [2.05, 4.69) is 5.32 Å². The maximum Gasteiger partial charge on any atom is 0.232 e. The van der Waals surface area contributed by atoms with Gasteiger partial charge in [-0.15, -0.1) is 0 Å². The molecule has 0 bridgehead atoms. The summed E-state index contributed by atoms with van der Waals surface area (Å²) in [6, 6.07) is 10.3. The van der Waals surface area contributed by atoms with E-state index in [1.165, 1.54) is 10.4 Å². The number of sulfonamides is 1. The van der Waals surface area contributed by atoms with Gasteiger partial charge in [-0.25, -0.2) is 8.42 Å². The Hall–Kier alpha value is -1.76. The van der Waals surface area contributed by atoms with Crippen molar-refractivity contribution in [3.05, 3.63) is 57.6 Å². The minimum absolute atomic E-state index is 0.161. The third kappa shape index (κ3) is 5.86. The van der Waals surface area contributed by atoms with Crippen LogP contribution in [-0.4, -0.2) is 27.1 Å². The highest BCUT2D eigenvalue weighted by Crippen LogP contribution is 2.28. The number of carbonyl (C=O) groups excluding carboxylic acids is 1. The molecule has 2 aromatic carbocycles. The average molecular weight is 429 g/mol. The zero-order chi connectivity index (χ0) is 20.2. The number of carbonyl (C=O) groups is 1. The number of benzene rings is 2.